The Morgan fingerprint density at radius 3 is 2.34 bits per heavy atom. The lowest BCUT2D eigenvalue weighted by Gasteiger charge is -2.31. The molecule has 2 amide bonds. The summed E-state index contributed by atoms with van der Waals surface area (Å²) in [5.41, 5.74) is 4.39. The number of ether oxygens (including phenoxy) is 1. The maximum Gasteiger partial charge on any atom is 0.261 e. The number of carbonyl (C=O) groups is 2. The number of carbonyl (C=O) groups excluding carboxylic acids is 2. The topological polar surface area (TPSA) is 58.6 Å². The highest BCUT2D eigenvalue weighted by atomic mass is 16.5. The number of aryl methyl sites for hydroxylation is 2. The predicted octanol–water partition coefficient (Wildman–Crippen LogP) is 4.76. The van der Waals surface area contributed by atoms with Crippen LogP contribution in [-0.4, -0.2) is 41.9 Å². The monoisotopic (exact) mass is 438 g/mol. The van der Waals surface area contributed by atoms with Crippen molar-refractivity contribution in [2.24, 2.45) is 0 Å². The molecule has 0 fully saturated rings. The fourth-order valence-corrected chi connectivity index (χ4v) is 3.71. The zero-order valence-corrected chi connectivity index (χ0v) is 20.4. The molecule has 174 valence electrons. The third-order valence-corrected chi connectivity index (χ3v) is 5.99. The van der Waals surface area contributed by atoms with E-state index in [-0.39, 0.29) is 24.5 Å². The third kappa shape index (κ3) is 7.11. The van der Waals surface area contributed by atoms with Crippen LogP contribution < -0.4 is 10.1 Å². The van der Waals surface area contributed by atoms with Crippen molar-refractivity contribution in [2.45, 2.75) is 72.9 Å². The maximum absolute atomic E-state index is 13.3. The molecule has 1 N–H and O–H groups in total. The molecule has 0 aliphatic carbocycles. The summed E-state index contributed by atoms with van der Waals surface area (Å²) < 4.78 is 5.95. The van der Waals surface area contributed by atoms with Crippen molar-refractivity contribution in [3.8, 4) is 5.75 Å². The van der Waals surface area contributed by atoms with Crippen LogP contribution in [0.15, 0.2) is 42.5 Å². The molecule has 32 heavy (non-hydrogen) atoms. The zero-order chi connectivity index (χ0) is 23.7. The quantitative estimate of drug-likeness (QED) is 0.550. The number of amides is 2. The van der Waals surface area contributed by atoms with Crippen molar-refractivity contribution < 1.29 is 14.3 Å². The fourth-order valence-electron chi connectivity index (χ4n) is 3.71. The first-order valence-electron chi connectivity index (χ1n) is 11.6. The van der Waals surface area contributed by atoms with E-state index in [0.717, 1.165) is 34.4 Å². The van der Waals surface area contributed by atoms with Gasteiger partial charge in [-0.15, -0.1) is 0 Å². The van der Waals surface area contributed by atoms with Gasteiger partial charge < -0.3 is 15.0 Å². The van der Waals surface area contributed by atoms with E-state index in [1.54, 1.807) is 4.90 Å². The first-order chi connectivity index (χ1) is 15.3. The Morgan fingerprint density at radius 2 is 1.72 bits per heavy atom. The van der Waals surface area contributed by atoms with Crippen LogP contribution in [0.3, 0.4) is 0 Å². The van der Waals surface area contributed by atoms with Crippen LogP contribution in [-0.2, 0) is 16.0 Å². The van der Waals surface area contributed by atoms with Crippen LogP contribution in [0.25, 0.3) is 0 Å². The number of nitrogens with zero attached hydrogens (tertiary/aromatic N) is 1. The highest BCUT2D eigenvalue weighted by Gasteiger charge is 2.29. The van der Waals surface area contributed by atoms with Gasteiger partial charge in [0.15, 0.2) is 6.61 Å². The van der Waals surface area contributed by atoms with E-state index in [1.165, 1.54) is 0 Å². The molecular formula is C27H38N2O3. The first kappa shape index (κ1) is 25.4. The zero-order valence-electron chi connectivity index (χ0n) is 20.4. The molecule has 0 spiro atoms. The van der Waals surface area contributed by atoms with E-state index < -0.39 is 6.04 Å². The summed E-state index contributed by atoms with van der Waals surface area (Å²) >= 11 is 0. The molecule has 0 saturated heterocycles. The van der Waals surface area contributed by atoms with Gasteiger partial charge in [0.05, 0.1) is 0 Å². The fraction of sp³-hybridized carbons (Fsp3) is 0.481. The van der Waals surface area contributed by atoms with Gasteiger partial charge >= 0.3 is 0 Å². The summed E-state index contributed by atoms with van der Waals surface area (Å²) in [5.74, 6) is 0.437. The molecule has 0 unspecified atom stereocenters. The van der Waals surface area contributed by atoms with Crippen LogP contribution in [0, 0.1) is 20.8 Å². The number of hydrogen-bond acceptors (Lipinski definition) is 3. The predicted molar refractivity (Wildman–Crippen MR) is 130 cm³/mol. The minimum absolute atomic E-state index is 0.0665. The SMILES string of the molecule is CC[C@@H](C)NC(=O)[C@H](CC)N(CCc1ccccc1)C(=O)COc1cc(C)cc(C)c1C. The summed E-state index contributed by atoms with van der Waals surface area (Å²) in [6, 6.07) is 13.6. The molecule has 0 aliphatic heterocycles. The van der Waals surface area contributed by atoms with Crippen molar-refractivity contribution >= 4 is 11.8 Å². The second kappa shape index (κ2) is 12.3. The minimum atomic E-state index is -0.524. The van der Waals surface area contributed by atoms with Crippen LogP contribution in [0.2, 0.25) is 0 Å². The summed E-state index contributed by atoms with van der Waals surface area (Å²) in [6.45, 7) is 12.4. The molecule has 0 bridgehead atoms. The average molecular weight is 439 g/mol. The molecule has 0 heterocycles. The van der Waals surface area contributed by atoms with Crippen molar-refractivity contribution in [3.63, 3.8) is 0 Å². The lowest BCUT2D eigenvalue weighted by Crippen LogP contribution is -2.52. The Hall–Kier alpha value is -2.82. The summed E-state index contributed by atoms with van der Waals surface area (Å²) in [4.78, 5) is 28.0. The van der Waals surface area contributed by atoms with Crippen molar-refractivity contribution in [2.75, 3.05) is 13.2 Å². The van der Waals surface area contributed by atoms with Gasteiger partial charge in [0.2, 0.25) is 5.91 Å². The van der Waals surface area contributed by atoms with E-state index in [2.05, 4.69) is 11.4 Å². The number of nitrogens with one attached hydrogen (secondary N) is 1. The molecule has 2 aromatic carbocycles. The highest BCUT2D eigenvalue weighted by Crippen LogP contribution is 2.23. The molecule has 5 heteroatoms. The van der Waals surface area contributed by atoms with Crippen LogP contribution in [0.1, 0.15) is 55.9 Å². The van der Waals surface area contributed by atoms with E-state index in [1.807, 2.05) is 77.9 Å². The molecule has 0 aromatic heterocycles. The summed E-state index contributed by atoms with van der Waals surface area (Å²) in [7, 11) is 0. The lowest BCUT2D eigenvalue weighted by atomic mass is 10.1. The van der Waals surface area contributed by atoms with Gasteiger partial charge in [-0.05, 0) is 75.3 Å². The van der Waals surface area contributed by atoms with Crippen molar-refractivity contribution in [3.05, 3.63) is 64.7 Å². The van der Waals surface area contributed by atoms with Gasteiger partial charge in [-0.25, -0.2) is 0 Å². The Kier molecular flexibility index (Phi) is 9.76. The molecule has 5 nitrogen and oxygen atoms in total. The van der Waals surface area contributed by atoms with Crippen molar-refractivity contribution in [1.82, 2.24) is 10.2 Å². The smallest absolute Gasteiger partial charge is 0.261 e. The molecule has 2 aromatic rings. The van der Waals surface area contributed by atoms with Gasteiger partial charge in [0.1, 0.15) is 11.8 Å². The van der Waals surface area contributed by atoms with E-state index in [4.69, 9.17) is 4.74 Å². The number of hydrogen-bond donors (Lipinski definition) is 1. The maximum atomic E-state index is 13.3. The second-order valence-corrected chi connectivity index (χ2v) is 8.56. The number of benzene rings is 2. The van der Waals surface area contributed by atoms with Crippen LogP contribution in [0.4, 0.5) is 0 Å². The minimum Gasteiger partial charge on any atom is -0.483 e. The molecular weight excluding hydrogens is 400 g/mol. The van der Waals surface area contributed by atoms with E-state index >= 15 is 0 Å². The summed E-state index contributed by atoms with van der Waals surface area (Å²) in [5, 5.41) is 3.04. The van der Waals surface area contributed by atoms with Gasteiger partial charge in [-0.1, -0.05) is 50.2 Å². The standard InChI is InChI=1S/C27H38N2O3/c1-7-21(5)28-27(31)24(8-2)29(15-14-23-12-10-9-11-13-23)26(30)18-32-25-17-19(3)16-20(4)22(25)6/h9-13,16-17,21,24H,7-8,14-15,18H2,1-6H3,(H,28,31)/t21-,24+/m1/s1. The van der Waals surface area contributed by atoms with Gasteiger partial charge in [0.25, 0.3) is 5.91 Å². The van der Waals surface area contributed by atoms with Crippen LogP contribution >= 0.6 is 0 Å². The molecule has 2 rings (SSSR count). The van der Waals surface area contributed by atoms with Gasteiger partial charge in [0, 0.05) is 12.6 Å². The average Bonchev–Trinajstić information content (AvgIpc) is 2.78. The Bertz CT molecular complexity index is 895. The van der Waals surface area contributed by atoms with Gasteiger partial charge in [-0.3, -0.25) is 9.59 Å². The summed E-state index contributed by atoms with van der Waals surface area (Å²) in [6.07, 6.45) is 2.07. The number of rotatable bonds is 11. The lowest BCUT2D eigenvalue weighted by molar-refractivity contribution is -0.142. The second-order valence-electron chi connectivity index (χ2n) is 8.56. The normalized spacial score (nSPS) is 12.7. The Morgan fingerprint density at radius 1 is 1.03 bits per heavy atom. The Balaban J connectivity index is 2.19. The first-order valence-corrected chi connectivity index (χ1v) is 11.6. The molecule has 0 aliphatic rings. The molecule has 0 saturated carbocycles. The van der Waals surface area contributed by atoms with E-state index in [9.17, 15) is 9.59 Å². The van der Waals surface area contributed by atoms with E-state index in [0.29, 0.717) is 19.4 Å². The molecule has 2 atom stereocenters. The van der Waals surface area contributed by atoms with Crippen LogP contribution in [0.5, 0.6) is 5.75 Å². The van der Waals surface area contributed by atoms with Crippen molar-refractivity contribution in [1.29, 1.82) is 0 Å². The molecule has 0 radical (unpaired) electrons. The highest BCUT2D eigenvalue weighted by molar-refractivity contribution is 5.88. The largest absolute Gasteiger partial charge is 0.483 e. The van der Waals surface area contributed by atoms with Gasteiger partial charge in [-0.2, -0.15) is 0 Å². The third-order valence-electron chi connectivity index (χ3n) is 5.99. The Labute approximate surface area is 193 Å².